The van der Waals surface area contributed by atoms with Crippen LogP contribution in [0.5, 0.6) is 0 Å². The van der Waals surface area contributed by atoms with E-state index in [9.17, 15) is 0 Å². The van der Waals surface area contributed by atoms with Crippen LogP contribution in [0.3, 0.4) is 0 Å². The second-order valence-electron chi connectivity index (χ2n) is 4.97. The number of aryl methyl sites for hydroxylation is 2. The maximum atomic E-state index is 5.74. The molecule has 0 amide bonds. The first-order valence-electron chi connectivity index (χ1n) is 7.05. The van der Waals surface area contributed by atoms with Crippen LogP contribution in [-0.2, 0) is 13.0 Å². The summed E-state index contributed by atoms with van der Waals surface area (Å²) in [6.07, 6.45) is 2.64. The molecule has 21 heavy (non-hydrogen) atoms. The first kappa shape index (κ1) is 14.2. The second kappa shape index (κ2) is 5.93. The van der Waals surface area contributed by atoms with Crippen molar-refractivity contribution in [1.82, 2.24) is 20.0 Å². The largest absolute Gasteiger partial charge is 0.328 e. The number of hydrogen-bond acceptors (Lipinski definition) is 5. The number of hydrazine groups is 1. The number of nitrogens with two attached hydrogens (primary N) is 1. The van der Waals surface area contributed by atoms with Gasteiger partial charge in [-0.2, -0.15) is 0 Å². The Bertz CT molecular complexity index is 745. The van der Waals surface area contributed by atoms with Gasteiger partial charge in [-0.15, -0.1) is 11.3 Å². The number of hydrogen-bond donors (Lipinski definition) is 2. The summed E-state index contributed by atoms with van der Waals surface area (Å²) in [5.74, 6) is 6.79. The van der Waals surface area contributed by atoms with Crippen LogP contribution in [0.25, 0.3) is 11.0 Å². The molecule has 2 heterocycles. The summed E-state index contributed by atoms with van der Waals surface area (Å²) in [7, 11) is 0. The fraction of sp³-hybridized carbons (Fsp3) is 0.333. The van der Waals surface area contributed by atoms with Crippen molar-refractivity contribution in [3.63, 3.8) is 0 Å². The maximum absolute atomic E-state index is 5.74. The molecule has 3 rings (SSSR count). The summed E-state index contributed by atoms with van der Waals surface area (Å²) in [6, 6.07) is 8.26. The van der Waals surface area contributed by atoms with Gasteiger partial charge in [0.1, 0.15) is 5.82 Å². The summed E-state index contributed by atoms with van der Waals surface area (Å²) in [6.45, 7) is 5.04. The quantitative estimate of drug-likeness (QED) is 0.561. The first-order chi connectivity index (χ1) is 10.2. The predicted molar refractivity (Wildman–Crippen MR) is 86.0 cm³/mol. The Kier molecular flexibility index (Phi) is 4.01. The van der Waals surface area contributed by atoms with Crippen LogP contribution in [0, 0.1) is 6.92 Å². The van der Waals surface area contributed by atoms with Gasteiger partial charge in [0.05, 0.1) is 22.1 Å². The van der Waals surface area contributed by atoms with E-state index in [1.807, 2.05) is 31.3 Å². The van der Waals surface area contributed by atoms with Crippen molar-refractivity contribution < 1.29 is 0 Å². The average Bonchev–Trinajstić information content (AvgIpc) is 3.07. The molecule has 2 aromatic heterocycles. The van der Waals surface area contributed by atoms with E-state index < -0.39 is 0 Å². The normalized spacial score (nSPS) is 12.9. The van der Waals surface area contributed by atoms with E-state index in [1.165, 1.54) is 5.52 Å². The van der Waals surface area contributed by atoms with E-state index >= 15 is 0 Å². The van der Waals surface area contributed by atoms with Crippen LogP contribution in [-0.4, -0.2) is 14.5 Å². The second-order valence-corrected chi connectivity index (χ2v) is 6.23. The number of nitrogens with zero attached hydrogens (tertiary/aromatic N) is 3. The highest BCUT2D eigenvalue weighted by atomic mass is 32.1. The summed E-state index contributed by atoms with van der Waals surface area (Å²) >= 11 is 1.67. The van der Waals surface area contributed by atoms with E-state index in [1.54, 1.807) is 11.3 Å². The van der Waals surface area contributed by atoms with Crippen molar-refractivity contribution in [2.75, 3.05) is 0 Å². The van der Waals surface area contributed by atoms with Crippen molar-refractivity contribution in [1.29, 1.82) is 0 Å². The minimum Gasteiger partial charge on any atom is -0.328 e. The van der Waals surface area contributed by atoms with Gasteiger partial charge in [-0.1, -0.05) is 12.1 Å². The Hall–Kier alpha value is -1.76. The third kappa shape index (κ3) is 2.70. The topological polar surface area (TPSA) is 68.8 Å². The molecule has 0 radical (unpaired) electrons. The van der Waals surface area contributed by atoms with Crippen LogP contribution < -0.4 is 11.3 Å². The molecule has 1 atom stereocenters. The Morgan fingerprint density at radius 2 is 2.19 bits per heavy atom. The Labute approximate surface area is 127 Å². The van der Waals surface area contributed by atoms with Gasteiger partial charge in [0.2, 0.25) is 0 Å². The van der Waals surface area contributed by atoms with Crippen molar-refractivity contribution in [2.24, 2.45) is 5.84 Å². The molecule has 0 spiro atoms. The number of nitrogens with one attached hydrogen (secondary N) is 1. The average molecular weight is 301 g/mol. The van der Waals surface area contributed by atoms with Crippen molar-refractivity contribution in [3.8, 4) is 0 Å². The number of rotatable bonds is 5. The molecule has 0 saturated heterocycles. The fourth-order valence-electron chi connectivity index (χ4n) is 2.60. The first-order valence-corrected chi connectivity index (χ1v) is 7.87. The summed E-state index contributed by atoms with van der Waals surface area (Å²) in [4.78, 5) is 10.2. The lowest BCUT2D eigenvalue weighted by atomic mass is 10.2. The molecule has 0 bridgehead atoms. The molecular formula is C15H19N5S. The van der Waals surface area contributed by atoms with Gasteiger partial charge in [0, 0.05) is 24.0 Å². The van der Waals surface area contributed by atoms with Crippen LogP contribution in [0.15, 0.2) is 30.5 Å². The zero-order valence-electron chi connectivity index (χ0n) is 12.2. The number of fused-ring (bicyclic) bond motifs is 1. The number of aromatic nitrogens is 3. The third-order valence-electron chi connectivity index (χ3n) is 3.62. The van der Waals surface area contributed by atoms with Crippen molar-refractivity contribution in [3.05, 3.63) is 46.2 Å². The standard InChI is InChI=1S/C15H19N5S/c1-3-20-13-7-5-4-6-11(13)18-15(20)8-12(19-16)14-9-17-10(2)21-14/h4-7,9,12,19H,3,8,16H2,1-2H3. The van der Waals surface area contributed by atoms with E-state index in [0.29, 0.717) is 0 Å². The maximum Gasteiger partial charge on any atom is 0.111 e. The Morgan fingerprint density at radius 3 is 2.86 bits per heavy atom. The minimum atomic E-state index is 0.0401. The van der Waals surface area contributed by atoms with Crippen LogP contribution >= 0.6 is 11.3 Å². The molecule has 1 aromatic carbocycles. The summed E-state index contributed by atoms with van der Waals surface area (Å²) in [5, 5.41) is 1.05. The lowest BCUT2D eigenvalue weighted by molar-refractivity contribution is 0.532. The molecule has 0 aliphatic heterocycles. The Balaban J connectivity index is 1.96. The molecule has 3 aromatic rings. The molecule has 0 aliphatic carbocycles. The number of para-hydroxylation sites is 2. The van der Waals surface area contributed by atoms with Gasteiger partial charge in [-0.05, 0) is 26.0 Å². The zero-order chi connectivity index (χ0) is 14.8. The third-order valence-corrected chi connectivity index (χ3v) is 4.65. The van der Waals surface area contributed by atoms with Crippen molar-refractivity contribution >= 4 is 22.4 Å². The number of imidazole rings is 1. The molecule has 0 aliphatic rings. The fourth-order valence-corrected chi connectivity index (χ4v) is 3.44. The molecular weight excluding hydrogens is 282 g/mol. The number of thiazole rings is 1. The van der Waals surface area contributed by atoms with Gasteiger partial charge in [-0.25, -0.2) is 9.97 Å². The van der Waals surface area contributed by atoms with Crippen LogP contribution in [0.2, 0.25) is 0 Å². The van der Waals surface area contributed by atoms with Crippen LogP contribution in [0.1, 0.15) is 28.7 Å². The van der Waals surface area contributed by atoms with E-state index in [2.05, 4.69) is 28.0 Å². The Morgan fingerprint density at radius 1 is 1.38 bits per heavy atom. The zero-order valence-corrected chi connectivity index (χ0v) is 13.0. The molecule has 5 nitrogen and oxygen atoms in total. The van der Waals surface area contributed by atoms with Gasteiger partial charge >= 0.3 is 0 Å². The molecule has 0 saturated carbocycles. The monoisotopic (exact) mass is 301 g/mol. The molecule has 110 valence electrons. The lowest BCUT2D eigenvalue weighted by Gasteiger charge is -2.14. The van der Waals surface area contributed by atoms with Gasteiger partial charge in [-0.3, -0.25) is 11.3 Å². The van der Waals surface area contributed by atoms with E-state index in [0.717, 1.165) is 34.2 Å². The molecule has 0 fully saturated rings. The van der Waals surface area contributed by atoms with E-state index in [4.69, 9.17) is 10.8 Å². The highest BCUT2D eigenvalue weighted by molar-refractivity contribution is 7.11. The number of benzene rings is 1. The summed E-state index contributed by atoms with van der Waals surface area (Å²) < 4.78 is 2.24. The molecule has 3 N–H and O–H groups in total. The minimum absolute atomic E-state index is 0.0401. The van der Waals surface area contributed by atoms with Gasteiger partial charge in [0.15, 0.2) is 0 Å². The van der Waals surface area contributed by atoms with E-state index in [-0.39, 0.29) is 6.04 Å². The van der Waals surface area contributed by atoms with Gasteiger partial charge in [0.25, 0.3) is 0 Å². The van der Waals surface area contributed by atoms with Gasteiger partial charge < -0.3 is 4.57 Å². The summed E-state index contributed by atoms with van der Waals surface area (Å²) in [5.41, 5.74) is 5.10. The van der Waals surface area contributed by atoms with Crippen LogP contribution in [0.4, 0.5) is 0 Å². The molecule has 6 heteroatoms. The highest BCUT2D eigenvalue weighted by Gasteiger charge is 2.18. The van der Waals surface area contributed by atoms with Crippen molar-refractivity contribution in [2.45, 2.75) is 32.9 Å². The lowest BCUT2D eigenvalue weighted by Crippen LogP contribution is -2.29. The highest BCUT2D eigenvalue weighted by Crippen LogP contribution is 2.25. The smallest absolute Gasteiger partial charge is 0.111 e. The SMILES string of the molecule is CCn1c(CC(NN)c2cnc(C)s2)nc2ccccc21. The predicted octanol–water partition coefficient (Wildman–Crippen LogP) is 2.57. The molecule has 1 unspecified atom stereocenters.